The van der Waals surface area contributed by atoms with Crippen molar-refractivity contribution < 1.29 is 13.2 Å². The van der Waals surface area contributed by atoms with E-state index in [1.165, 1.54) is 11.3 Å². The molecule has 1 N–H and O–H groups in total. The van der Waals surface area contributed by atoms with Crippen LogP contribution < -0.4 is 4.72 Å². The van der Waals surface area contributed by atoms with Gasteiger partial charge in [-0.15, -0.1) is 11.3 Å². The third kappa shape index (κ3) is 3.04. The van der Waals surface area contributed by atoms with Gasteiger partial charge in [-0.25, -0.2) is 8.42 Å². The zero-order valence-electron chi connectivity index (χ0n) is 8.77. The molecule has 1 amide bonds. The summed E-state index contributed by atoms with van der Waals surface area (Å²) in [4.78, 5) is 12.5. The van der Waals surface area contributed by atoms with Crippen molar-refractivity contribution in [1.29, 1.82) is 0 Å². The number of thiophene rings is 1. The molecule has 4 nitrogen and oxygen atoms in total. The first-order chi connectivity index (χ1) is 6.73. The van der Waals surface area contributed by atoms with E-state index in [-0.39, 0.29) is 0 Å². The van der Waals surface area contributed by atoms with Gasteiger partial charge >= 0.3 is 0 Å². The lowest BCUT2D eigenvalue weighted by atomic mass is 9.91. The summed E-state index contributed by atoms with van der Waals surface area (Å²) in [5.41, 5.74) is -0.822. The average molecular weight is 247 g/mol. The zero-order chi connectivity index (χ0) is 11.7. The van der Waals surface area contributed by atoms with Crippen LogP contribution in [-0.4, -0.2) is 20.6 Å². The molecule has 0 atom stereocenters. The minimum atomic E-state index is -3.49. The molecule has 1 rings (SSSR count). The summed E-state index contributed by atoms with van der Waals surface area (Å²) in [6.45, 7) is 3.39. The van der Waals surface area contributed by atoms with Crippen LogP contribution in [0.5, 0.6) is 0 Å². The highest BCUT2D eigenvalue weighted by Gasteiger charge is 2.32. The van der Waals surface area contributed by atoms with E-state index in [0.717, 1.165) is 11.1 Å². The molecule has 84 valence electrons. The van der Waals surface area contributed by atoms with Crippen molar-refractivity contribution in [2.24, 2.45) is 0 Å². The minimum absolute atomic E-state index is 0.507. The Bertz CT molecular complexity index is 446. The van der Waals surface area contributed by atoms with Gasteiger partial charge in [0.2, 0.25) is 15.9 Å². The number of hydrogen-bond donors (Lipinski definition) is 1. The Morgan fingerprint density at radius 1 is 1.47 bits per heavy atom. The highest BCUT2D eigenvalue weighted by atomic mass is 32.2. The Labute approximate surface area is 93.4 Å². The summed E-state index contributed by atoms with van der Waals surface area (Å²) in [7, 11) is -3.49. The second-order valence-corrected chi connectivity index (χ2v) is 6.50. The summed E-state index contributed by atoms with van der Waals surface area (Å²) in [5, 5.41) is 1.85. The minimum Gasteiger partial charge on any atom is -0.273 e. The Morgan fingerprint density at radius 3 is 2.47 bits per heavy atom. The third-order valence-corrected chi connectivity index (χ3v) is 3.73. The number of amides is 1. The molecule has 0 aliphatic rings. The standard InChI is InChI=1S/C9H13NO3S2/c1-9(2,7-5-4-6-14-7)8(11)10-15(3,12)13/h4-6H,1-3H3,(H,10,11). The largest absolute Gasteiger partial charge is 0.273 e. The normalized spacial score (nSPS) is 12.5. The second-order valence-electron chi connectivity index (χ2n) is 3.81. The quantitative estimate of drug-likeness (QED) is 0.870. The number of carbonyl (C=O) groups is 1. The van der Waals surface area contributed by atoms with E-state index in [1.807, 2.05) is 22.2 Å². The molecule has 0 aromatic carbocycles. The van der Waals surface area contributed by atoms with Gasteiger partial charge in [0.1, 0.15) is 0 Å². The topological polar surface area (TPSA) is 63.2 Å². The number of hydrogen-bond acceptors (Lipinski definition) is 4. The maximum absolute atomic E-state index is 11.7. The maximum Gasteiger partial charge on any atom is 0.244 e. The molecule has 6 heteroatoms. The predicted molar refractivity (Wildman–Crippen MR) is 60.3 cm³/mol. The van der Waals surface area contributed by atoms with Gasteiger partial charge < -0.3 is 0 Å². The van der Waals surface area contributed by atoms with Crippen LogP contribution in [0.4, 0.5) is 0 Å². The molecule has 0 saturated carbocycles. The summed E-state index contributed by atoms with van der Waals surface area (Å²) >= 11 is 1.43. The lowest BCUT2D eigenvalue weighted by Crippen LogP contribution is -2.42. The van der Waals surface area contributed by atoms with E-state index in [9.17, 15) is 13.2 Å². The molecule has 1 aromatic heterocycles. The van der Waals surface area contributed by atoms with Gasteiger partial charge in [-0.3, -0.25) is 9.52 Å². The first-order valence-electron chi connectivity index (χ1n) is 4.29. The number of nitrogens with one attached hydrogen (secondary N) is 1. The van der Waals surface area contributed by atoms with Crippen molar-refractivity contribution in [3.05, 3.63) is 22.4 Å². The van der Waals surface area contributed by atoms with Crippen LogP contribution >= 0.6 is 11.3 Å². The smallest absolute Gasteiger partial charge is 0.244 e. The van der Waals surface area contributed by atoms with Crippen LogP contribution in [0.2, 0.25) is 0 Å². The molecule has 1 heterocycles. The first-order valence-corrected chi connectivity index (χ1v) is 7.07. The molecule has 15 heavy (non-hydrogen) atoms. The fourth-order valence-corrected chi connectivity index (χ4v) is 2.48. The van der Waals surface area contributed by atoms with Gasteiger partial charge in [0.15, 0.2) is 0 Å². The van der Waals surface area contributed by atoms with Crippen molar-refractivity contribution in [3.8, 4) is 0 Å². The van der Waals surface area contributed by atoms with E-state index < -0.39 is 21.3 Å². The van der Waals surface area contributed by atoms with Crippen LogP contribution in [0.25, 0.3) is 0 Å². The highest BCUT2D eigenvalue weighted by molar-refractivity contribution is 7.89. The van der Waals surface area contributed by atoms with Crippen molar-refractivity contribution in [3.63, 3.8) is 0 Å². The number of sulfonamides is 1. The van der Waals surface area contributed by atoms with E-state index in [0.29, 0.717) is 0 Å². The molecule has 0 aliphatic carbocycles. The SMILES string of the molecule is CC(C)(C(=O)NS(C)(=O)=O)c1cccs1. The van der Waals surface area contributed by atoms with Gasteiger partial charge in [0, 0.05) is 4.88 Å². The van der Waals surface area contributed by atoms with E-state index >= 15 is 0 Å². The predicted octanol–water partition coefficient (Wildman–Crippen LogP) is 1.10. The lowest BCUT2D eigenvalue weighted by Gasteiger charge is -2.21. The number of carbonyl (C=O) groups excluding carboxylic acids is 1. The molecular formula is C9H13NO3S2. The van der Waals surface area contributed by atoms with Gasteiger partial charge in [-0.05, 0) is 25.3 Å². The Morgan fingerprint density at radius 2 is 2.07 bits per heavy atom. The average Bonchev–Trinajstić information content (AvgIpc) is 2.52. The van der Waals surface area contributed by atoms with Gasteiger partial charge in [-0.2, -0.15) is 0 Å². The van der Waals surface area contributed by atoms with Crippen LogP contribution in [0.15, 0.2) is 17.5 Å². The Balaban J connectivity index is 2.93. The molecule has 0 radical (unpaired) electrons. The lowest BCUT2D eigenvalue weighted by molar-refractivity contribution is -0.123. The van der Waals surface area contributed by atoms with Gasteiger partial charge in [0.25, 0.3) is 0 Å². The Kier molecular flexibility index (Phi) is 3.20. The van der Waals surface area contributed by atoms with Crippen LogP contribution in [0.1, 0.15) is 18.7 Å². The fraction of sp³-hybridized carbons (Fsp3) is 0.444. The van der Waals surface area contributed by atoms with Crippen LogP contribution in [0, 0.1) is 0 Å². The molecule has 0 saturated heterocycles. The highest BCUT2D eigenvalue weighted by Crippen LogP contribution is 2.27. The van der Waals surface area contributed by atoms with Crippen LogP contribution in [0.3, 0.4) is 0 Å². The van der Waals surface area contributed by atoms with Gasteiger partial charge in [-0.1, -0.05) is 6.07 Å². The molecule has 0 fully saturated rings. The molecule has 0 bridgehead atoms. The van der Waals surface area contributed by atoms with Crippen molar-refractivity contribution in [2.45, 2.75) is 19.3 Å². The molecule has 1 aromatic rings. The molecular weight excluding hydrogens is 234 g/mol. The summed E-state index contributed by atoms with van der Waals surface area (Å²) < 4.78 is 23.8. The van der Waals surface area contributed by atoms with Crippen LogP contribution in [-0.2, 0) is 20.2 Å². The molecule has 0 aliphatic heterocycles. The van der Waals surface area contributed by atoms with E-state index in [4.69, 9.17) is 0 Å². The maximum atomic E-state index is 11.7. The second kappa shape index (κ2) is 3.94. The monoisotopic (exact) mass is 247 g/mol. The van der Waals surface area contributed by atoms with Crippen molar-refractivity contribution in [2.75, 3.05) is 6.26 Å². The fourth-order valence-electron chi connectivity index (χ4n) is 1.04. The summed E-state index contributed by atoms with van der Waals surface area (Å²) in [6, 6.07) is 3.64. The number of rotatable bonds is 3. The molecule has 0 spiro atoms. The van der Waals surface area contributed by atoms with E-state index in [1.54, 1.807) is 13.8 Å². The zero-order valence-corrected chi connectivity index (χ0v) is 10.4. The first kappa shape index (κ1) is 12.2. The van der Waals surface area contributed by atoms with Crippen molar-refractivity contribution in [1.82, 2.24) is 4.72 Å². The van der Waals surface area contributed by atoms with E-state index in [2.05, 4.69) is 0 Å². The Hall–Kier alpha value is -0.880. The third-order valence-electron chi connectivity index (χ3n) is 1.98. The summed E-state index contributed by atoms with van der Waals surface area (Å²) in [6.07, 6.45) is 0.968. The molecule has 0 unspecified atom stereocenters. The van der Waals surface area contributed by atoms with Gasteiger partial charge in [0.05, 0.1) is 11.7 Å². The summed E-state index contributed by atoms with van der Waals surface area (Å²) in [5.74, 6) is -0.507. The van der Waals surface area contributed by atoms with Crippen molar-refractivity contribution >= 4 is 27.3 Å².